The Morgan fingerprint density at radius 3 is 1.12 bits per heavy atom. The molecule has 0 spiro atoms. The molecule has 46 heteroatoms. The van der Waals surface area contributed by atoms with E-state index in [-0.39, 0.29) is 127 Å². The van der Waals surface area contributed by atoms with E-state index in [1.165, 1.54) is 49.7 Å². The molecule has 8 fully saturated rings. The zero-order valence-electron chi connectivity index (χ0n) is 73.5. The number of nitrogens with one attached hydrogen (secondary N) is 8. The van der Waals surface area contributed by atoms with Crippen molar-refractivity contribution in [3.8, 4) is 44.5 Å². The second-order valence-corrected chi connectivity index (χ2v) is 36.7. The summed E-state index contributed by atoms with van der Waals surface area (Å²) in [6.07, 6.45) is 24.0. The first-order valence-electron chi connectivity index (χ1n) is 44.4. The quantitative estimate of drug-likeness (QED) is 0.0315. The van der Waals surface area contributed by atoms with Crippen LogP contribution in [0.5, 0.6) is 0 Å². The Labute approximate surface area is 773 Å². The fourth-order valence-corrected chi connectivity index (χ4v) is 17.0. The van der Waals surface area contributed by atoms with Crippen molar-refractivity contribution in [2.45, 2.75) is 182 Å². The van der Waals surface area contributed by atoms with Gasteiger partial charge in [0, 0.05) is 141 Å². The van der Waals surface area contributed by atoms with Crippen molar-refractivity contribution in [3.63, 3.8) is 0 Å². The van der Waals surface area contributed by atoms with Gasteiger partial charge in [0.25, 0.3) is 0 Å². The standard InChI is InChI=1S/C24H21F4N7O2.2C23H21F2N7O2.C22H21FN8O2/c25-15-8-12(14-10-35(13-3-4-13)21-19(14)20(29)30-11-31-21)2-5-16(15)32-22(36)33-18-9-17(34-37-18)23(6-1-7-23)24(26,27)28;1-23(4-5-23)16-8-17(34-31-16)30-22(33)29-11-6-14(24)18(15(25)7-11)13-9-32(12-2-3-12)21-19(13)20(26)27-10-28-21;1-23(4-5-23)17-8-18(34-31-17)30-22(33)29-16-7-14(24)12(6-15(16)25)13-9-32(11-2-3-11)21-19(13)20(26)27-10-28-21;1-22(4-5-22)15-7-16(33-30-15)28-21(32)29-19-14(23)6-11(8-25-19)13-9-31(12-2-3-12)20-17(13)18(24)26-10-27-20/h2,5,8-11,13H,1,3-4,6-7H2,(H2,29,30,31)(H2,32,33,36);6-10,12H,2-5H2,1H3,(H2,26,27,28)(H2,29,30,33);6-11H,2-5H2,1H3,(H2,26,27,28)(H2,29,30,33);6-10,12H,2-5H2,1H3,(H2,24,26,27)(H2,25,28,29,32). The normalized spacial score (nSPS) is 16.7. The number of benzene rings is 3. The van der Waals surface area contributed by atoms with E-state index < -0.39 is 70.6 Å². The number of rotatable bonds is 20. The van der Waals surface area contributed by atoms with E-state index >= 15 is 13.2 Å². The van der Waals surface area contributed by atoms with Crippen molar-refractivity contribution in [1.82, 2.24) is 83.8 Å². The van der Waals surface area contributed by atoms with Gasteiger partial charge in [0.2, 0.25) is 23.5 Å². The Hall–Kier alpha value is -16.2. The number of nitrogen functional groups attached to an aromatic ring is 4. The maximum Gasteiger partial charge on any atom is 0.400 e. The summed E-state index contributed by atoms with van der Waals surface area (Å²) >= 11 is 0. The molecule has 8 amide bonds. The van der Waals surface area contributed by atoms with Gasteiger partial charge in [-0.3, -0.25) is 26.6 Å². The minimum atomic E-state index is -4.48. The topological polar surface area (TPSA) is 508 Å². The van der Waals surface area contributed by atoms with Gasteiger partial charge < -0.3 is 75.2 Å². The number of halogens is 9. The van der Waals surface area contributed by atoms with Crippen molar-refractivity contribution in [2.75, 3.05) is 65.5 Å². The monoisotopic (exact) mass is 1890 g/mol. The summed E-state index contributed by atoms with van der Waals surface area (Å²) in [7, 11) is 0. The van der Waals surface area contributed by atoms with E-state index in [0.29, 0.717) is 96.3 Å². The molecule has 8 aliphatic carbocycles. The number of hydrogen-bond donors (Lipinski definition) is 12. The van der Waals surface area contributed by atoms with E-state index in [2.05, 4.69) is 129 Å². The molecule has 13 heterocycles. The second-order valence-electron chi connectivity index (χ2n) is 36.7. The number of alkyl halides is 3. The number of anilines is 12. The lowest BCUT2D eigenvalue weighted by Gasteiger charge is -2.41. The lowest BCUT2D eigenvalue weighted by Crippen LogP contribution is -2.48. The zero-order valence-corrected chi connectivity index (χ0v) is 73.5. The van der Waals surface area contributed by atoms with Gasteiger partial charge in [0.15, 0.2) is 11.6 Å². The molecule has 708 valence electrons. The summed E-state index contributed by atoms with van der Waals surface area (Å²) in [5, 5.41) is 36.8. The number of nitrogens with two attached hydrogens (primary N) is 4. The van der Waals surface area contributed by atoms with Crippen LogP contribution < -0.4 is 65.5 Å². The molecule has 138 heavy (non-hydrogen) atoms. The average Bonchev–Trinajstić information content (AvgIpc) is 1.75. The first-order valence-corrected chi connectivity index (χ1v) is 44.4. The highest BCUT2D eigenvalue weighted by molar-refractivity contribution is 6.07. The summed E-state index contributed by atoms with van der Waals surface area (Å²) in [6, 6.07) is 13.7. The summed E-state index contributed by atoms with van der Waals surface area (Å²) in [5.74, 6) is -3.72. The van der Waals surface area contributed by atoms with Crippen molar-refractivity contribution in [1.29, 1.82) is 0 Å². The van der Waals surface area contributed by atoms with Crippen LogP contribution in [0.25, 0.3) is 88.6 Å². The molecular formula is C92H84F9N29O8. The number of amides is 8. The second kappa shape index (κ2) is 33.7. The SMILES string of the molecule is CC1(c2cc(NC(=O)Nc3cc(F)c(-c4cn(C5CC5)c5ncnc(N)c45)c(F)c3)on2)CC1.CC1(c2cc(NC(=O)Nc3cc(F)c(-c4cn(C5CC5)c5ncnc(N)c45)cc3F)on2)CC1.CC1(c2cc(NC(=O)Nc3ncc(-c4cn(C5CC5)c5ncnc(N)c45)cc3F)on2)CC1.Nc1ncnc2c1c(-c1ccc(NC(=O)Nc3cc(C4(C(F)(F)F)CCC4)no3)c(F)c1)cn2C1CC1. The van der Waals surface area contributed by atoms with Crippen LogP contribution in [0.2, 0.25) is 0 Å². The molecule has 8 saturated carbocycles. The Bertz CT molecular complexity index is 7570. The highest BCUT2D eigenvalue weighted by Crippen LogP contribution is 2.56. The average molecular weight is 1890 g/mol. The maximum atomic E-state index is 15.2. The number of nitrogens with zero attached hydrogens (tertiary/aromatic N) is 17. The molecule has 16 aromatic rings. The number of urea groups is 4. The molecule has 13 aromatic heterocycles. The first kappa shape index (κ1) is 88.4. The molecule has 0 bridgehead atoms. The molecular weight excluding hydrogens is 1810 g/mol. The van der Waals surface area contributed by atoms with E-state index in [9.17, 15) is 45.5 Å². The molecule has 0 radical (unpaired) electrons. The van der Waals surface area contributed by atoms with Gasteiger partial charge in [0.05, 0.1) is 55.6 Å². The van der Waals surface area contributed by atoms with Gasteiger partial charge in [-0.1, -0.05) is 53.9 Å². The fourth-order valence-electron chi connectivity index (χ4n) is 17.0. The van der Waals surface area contributed by atoms with E-state index in [4.69, 9.17) is 41.0 Å². The first-order chi connectivity index (χ1) is 66.2. The van der Waals surface area contributed by atoms with Crippen molar-refractivity contribution < 1.29 is 76.8 Å². The van der Waals surface area contributed by atoms with Crippen LogP contribution in [-0.2, 0) is 21.7 Å². The number of pyridine rings is 1. The Morgan fingerprint density at radius 1 is 0.362 bits per heavy atom. The minimum absolute atomic E-state index is 0.00640. The van der Waals surface area contributed by atoms with Gasteiger partial charge in [-0.2, -0.15) is 13.2 Å². The summed E-state index contributed by atoms with van der Waals surface area (Å²) in [4.78, 5) is 87.0. The van der Waals surface area contributed by atoms with E-state index in [1.54, 1.807) is 36.7 Å². The predicted octanol–water partition coefficient (Wildman–Crippen LogP) is 20.0. The van der Waals surface area contributed by atoms with Crippen LogP contribution in [0.1, 0.15) is 177 Å². The van der Waals surface area contributed by atoms with Crippen molar-refractivity contribution >= 4 is 138 Å². The maximum absolute atomic E-state index is 15.2. The van der Waals surface area contributed by atoms with Gasteiger partial charge >= 0.3 is 30.3 Å². The van der Waals surface area contributed by atoms with Crippen LogP contribution in [0.4, 0.5) is 128 Å². The molecule has 16 N–H and O–H groups in total. The minimum Gasteiger partial charge on any atom is -0.383 e. The molecule has 24 rings (SSSR count). The number of aromatic nitrogens is 17. The Balaban J connectivity index is 0.000000110. The Morgan fingerprint density at radius 2 is 0.725 bits per heavy atom. The van der Waals surface area contributed by atoms with Gasteiger partial charge in [-0.25, -0.2) is 90.4 Å². The summed E-state index contributed by atoms with van der Waals surface area (Å²) in [5.41, 5.74) is 29.1. The molecule has 0 unspecified atom stereocenters. The zero-order chi connectivity index (χ0) is 95.9. The third-order valence-electron chi connectivity index (χ3n) is 26.5. The fraction of sp³-hybridized carbons (Fsp3) is 0.315. The highest BCUT2D eigenvalue weighted by atomic mass is 19.4. The third-order valence-corrected chi connectivity index (χ3v) is 26.5. The Kier molecular flexibility index (Phi) is 21.6. The van der Waals surface area contributed by atoms with Crippen molar-refractivity contribution in [3.05, 3.63) is 187 Å². The van der Waals surface area contributed by atoms with Crippen LogP contribution >= 0.6 is 0 Å². The smallest absolute Gasteiger partial charge is 0.383 e. The lowest BCUT2D eigenvalue weighted by molar-refractivity contribution is -0.214. The third kappa shape index (κ3) is 17.2. The van der Waals surface area contributed by atoms with E-state index in [1.807, 2.05) is 30.7 Å². The van der Waals surface area contributed by atoms with Crippen LogP contribution in [0.15, 0.2) is 147 Å². The number of carbonyl (C=O) groups is 4. The molecule has 8 aliphatic rings. The molecule has 0 saturated heterocycles. The number of fused-ring (bicyclic) bond motifs is 4. The van der Waals surface area contributed by atoms with Crippen LogP contribution in [0, 0.1) is 34.9 Å². The van der Waals surface area contributed by atoms with Gasteiger partial charge in [0.1, 0.15) is 111 Å². The molecule has 3 aromatic carbocycles. The number of hydrogen-bond acceptors (Lipinski definition) is 25. The summed E-state index contributed by atoms with van der Waals surface area (Å²) in [6.45, 7) is 6.19. The largest absolute Gasteiger partial charge is 0.400 e. The lowest BCUT2D eigenvalue weighted by atomic mass is 9.66. The van der Waals surface area contributed by atoms with Gasteiger partial charge in [-0.15, -0.1) is 0 Å². The van der Waals surface area contributed by atoms with Crippen molar-refractivity contribution in [2.24, 2.45) is 0 Å². The summed E-state index contributed by atoms with van der Waals surface area (Å²) < 4.78 is 159. The van der Waals surface area contributed by atoms with Crippen LogP contribution in [0.3, 0.4) is 0 Å². The van der Waals surface area contributed by atoms with Gasteiger partial charge in [-0.05, 0) is 145 Å². The van der Waals surface area contributed by atoms with E-state index in [0.717, 1.165) is 137 Å². The highest BCUT2D eigenvalue weighted by Gasteiger charge is 2.61. The van der Waals surface area contributed by atoms with Crippen LogP contribution in [-0.4, -0.2) is 114 Å². The molecule has 37 nitrogen and oxygen atoms in total. The number of carbonyl (C=O) groups excluding carboxylic acids is 4. The molecule has 0 atom stereocenters. The predicted molar refractivity (Wildman–Crippen MR) is 488 cm³/mol. The molecule has 0 aliphatic heterocycles.